The second-order valence-electron chi connectivity index (χ2n) is 4.11. The molecule has 0 amide bonds. The number of nitrogens with one attached hydrogen (secondary N) is 2. The lowest BCUT2D eigenvalue weighted by atomic mass is 10.1. The zero-order chi connectivity index (χ0) is 8.93. The number of hydrogen-bond acceptors (Lipinski definition) is 3. The molecule has 0 aromatic heterocycles. The Morgan fingerprint density at radius 2 is 2.08 bits per heavy atom. The van der Waals surface area contributed by atoms with Gasteiger partial charge in [0.05, 0.1) is 6.61 Å². The first kappa shape index (κ1) is 9.44. The second-order valence-corrected chi connectivity index (χ2v) is 4.11. The summed E-state index contributed by atoms with van der Waals surface area (Å²) in [6.07, 6.45) is 5.11. The lowest BCUT2D eigenvalue weighted by molar-refractivity contribution is 0.187. The SMILES string of the molecule is C1CNCCC(NC2CCOC2)C1. The predicted molar refractivity (Wildman–Crippen MR) is 52.9 cm³/mol. The van der Waals surface area contributed by atoms with Crippen molar-refractivity contribution in [1.29, 1.82) is 0 Å². The summed E-state index contributed by atoms with van der Waals surface area (Å²) in [5.41, 5.74) is 0. The molecule has 2 heterocycles. The molecule has 0 radical (unpaired) electrons. The molecule has 3 nitrogen and oxygen atoms in total. The first-order valence-corrected chi connectivity index (χ1v) is 5.49. The van der Waals surface area contributed by atoms with E-state index in [1.54, 1.807) is 0 Å². The van der Waals surface area contributed by atoms with Gasteiger partial charge in [-0.25, -0.2) is 0 Å². The van der Waals surface area contributed by atoms with E-state index >= 15 is 0 Å². The highest BCUT2D eigenvalue weighted by molar-refractivity contribution is 4.79. The first-order valence-electron chi connectivity index (χ1n) is 5.49. The maximum atomic E-state index is 5.35. The summed E-state index contributed by atoms with van der Waals surface area (Å²) in [6, 6.07) is 1.35. The Morgan fingerprint density at radius 1 is 1.08 bits per heavy atom. The van der Waals surface area contributed by atoms with Gasteiger partial charge < -0.3 is 15.4 Å². The van der Waals surface area contributed by atoms with Gasteiger partial charge in [0.1, 0.15) is 0 Å². The van der Waals surface area contributed by atoms with Crippen molar-refractivity contribution in [2.75, 3.05) is 26.3 Å². The maximum absolute atomic E-state index is 5.35. The van der Waals surface area contributed by atoms with Crippen molar-refractivity contribution >= 4 is 0 Å². The van der Waals surface area contributed by atoms with Crippen LogP contribution in [0.25, 0.3) is 0 Å². The van der Waals surface area contributed by atoms with Crippen molar-refractivity contribution in [3.05, 3.63) is 0 Å². The van der Waals surface area contributed by atoms with Gasteiger partial charge >= 0.3 is 0 Å². The average molecular weight is 184 g/mol. The monoisotopic (exact) mass is 184 g/mol. The molecular weight excluding hydrogens is 164 g/mol. The first-order chi connectivity index (χ1) is 6.45. The third-order valence-electron chi connectivity index (χ3n) is 2.98. The minimum atomic E-state index is 0.628. The molecule has 2 aliphatic heterocycles. The fourth-order valence-electron chi connectivity index (χ4n) is 2.19. The highest BCUT2D eigenvalue weighted by atomic mass is 16.5. The van der Waals surface area contributed by atoms with Crippen LogP contribution in [0.1, 0.15) is 25.7 Å². The van der Waals surface area contributed by atoms with Gasteiger partial charge in [0.25, 0.3) is 0 Å². The quantitative estimate of drug-likeness (QED) is 0.656. The van der Waals surface area contributed by atoms with Crippen molar-refractivity contribution in [2.24, 2.45) is 0 Å². The van der Waals surface area contributed by atoms with Crippen molar-refractivity contribution in [3.8, 4) is 0 Å². The summed E-state index contributed by atoms with van der Waals surface area (Å²) in [6.45, 7) is 4.23. The van der Waals surface area contributed by atoms with Gasteiger partial charge in [0.15, 0.2) is 0 Å². The molecule has 0 spiro atoms. The molecule has 2 saturated heterocycles. The van der Waals surface area contributed by atoms with Gasteiger partial charge in [-0.15, -0.1) is 0 Å². The molecule has 0 aromatic rings. The van der Waals surface area contributed by atoms with Gasteiger partial charge in [0.2, 0.25) is 0 Å². The van der Waals surface area contributed by atoms with Gasteiger partial charge in [-0.2, -0.15) is 0 Å². The van der Waals surface area contributed by atoms with E-state index in [9.17, 15) is 0 Å². The van der Waals surface area contributed by atoms with E-state index in [2.05, 4.69) is 10.6 Å². The molecule has 2 aliphatic rings. The highest BCUT2D eigenvalue weighted by Crippen LogP contribution is 2.10. The summed E-state index contributed by atoms with van der Waals surface area (Å²) >= 11 is 0. The Kier molecular flexibility index (Phi) is 3.58. The Bertz CT molecular complexity index is 138. The molecule has 2 unspecified atom stereocenters. The maximum Gasteiger partial charge on any atom is 0.0620 e. The van der Waals surface area contributed by atoms with Crippen LogP contribution >= 0.6 is 0 Å². The van der Waals surface area contributed by atoms with Gasteiger partial charge in [-0.05, 0) is 38.8 Å². The molecular formula is C10H20N2O. The van der Waals surface area contributed by atoms with E-state index in [-0.39, 0.29) is 0 Å². The Morgan fingerprint density at radius 3 is 2.92 bits per heavy atom. The van der Waals surface area contributed by atoms with Crippen molar-refractivity contribution in [1.82, 2.24) is 10.6 Å². The molecule has 2 atom stereocenters. The van der Waals surface area contributed by atoms with E-state index in [0.717, 1.165) is 19.3 Å². The van der Waals surface area contributed by atoms with Crippen LogP contribution in [0.5, 0.6) is 0 Å². The summed E-state index contributed by atoms with van der Waals surface area (Å²) in [5.74, 6) is 0. The van der Waals surface area contributed by atoms with E-state index in [1.165, 1.54) is 38.8 Å². The molecule has 3 heteroatoms. The number of rotatable bonds is 2. The molecule has 0 aromatic carbocycles. The van der Waals surface area contributed by atoms with Crippen molar-refractivity contribution < 1.29 is 4.74 Å². The summed E-state index contributed by atoms with van der Waals surface area (Å²) in [4.78, 5) is 0. The van der Waals surface area contributed by atoms with Crippen LogP contribution in [0.3, 0.4) is 0 Å². The van der Waals surface area contributed by atoms with Crippen LogP contribution in [0.4, 0.5) is 0 Å². The van der Waals surface area contributed by atoms with Crippen LogP contribution in [0.2, 0.25) is 0 Å². The molecule has 2 fully saturated rings. The van der Waals surface area contributed by atoms with Crippen LogP contribution < -0.4 is 10.6 Å². The fourth-order valence-corrected chi connectivity index (χ4v) is 2.19. The zero-order valence-corrected chi connectivity index (χ0v) is 8.22. The zero-order valence-electron chi connectivity index (χ0n) is 8.22. The van der Waals surface area contributed by atoms with Crippen LogP contribution in [-0.4, -0.2) is 38.4 Å². The van der Waals surface area contributed by atoms with Crippen LogP contribution in [0, 0.1) is 0 Å². The van der Waals surface area contributed by atoms with E-state index in [1.807, 2.05) is 0 Å². The molecule has 2 N–H and O–H groups in total. The third kappa shape index (κ3) is 2.93. The standard InChI is InChI=1S/C10H20N2O/c1-2-9(3-6-11-5-1)12-10-4-7-13-8-10/h9-12H,1-8H2. The lowest BCUT2D eigenvalue weighted by Gasteiger charge is -2.19. The lowest BCUT2D eigenvalue weighted by Crippen LogP contribution is -2.39. The Hall–Kier alpha value is -0.120. The second kappa shape index (κ2) is 4.94. The number of hydrogen-bond donors (Lipinski definition) is 2. The van der Waals surface area contributed by atoms with Crippen LogP contribution in [0.15, 0.2) is 0 Å². The smallest absolute Gasteiger partial charge is 0.0620 e. The van der Waals surface area contributed by atoms with Crippen LogP contribution in [-0.2, 0) is 4.74 Å². The summed E-state index contributed by atoms with van der Waals surface area (Å²) in [7, 11) is 0. The molecule has 2 rings (SSSR count). The molecule has 0 aliphatic carbocycles. The van der Waals surface area contributed by atoms with E-state index in [4.69, 9.17) is 4.74 Å². The minimum absolute atomic E-state index is 0.628. The molecule has 0 bridgehead atoms. The van der Waals surface area contributed by atoms with E-state index in [0.29, 0.717) is 6.04 Å². The predicted octanol–water partition coefficient (Wildman–Crippen LogP) is 0.507. The Labute approximate surface area is 80.2 Å². The Balaban J connectivity index is 1.71. The van der Waals surface area contributed by atoms with Gasteiger partial charge in [0, 0.05) is 18.7 Å². The minimum Gasteiger partial charge on any atom is -0.380 e. The largest absolute Gasteiger partial charge is 0.380 e. The summed E-state index contributed by atoms with van der Waals surface area (Å²) < 4.78 is 5.35. The van der Waals surface area contributed by atoms with E-state index < -0.39 is 0 Å². The normalized spacial score (nSPS) is 36.0. The highest BCUT2D eigenvalue weighted by Gasteiger charge is 2.19. The average Bonchev–Trinajstić information content (AvgIpc) is 2.49. The van der Waals surface area contributed by atoms with Crippen molar-refractivity contribution in [2.45, 2.75) is 37.8 Å². The third-order valence-corrected chi connectivity index (χ3v) is 2.98. The fraction of sp³-hybridized carbons (Fsp3) is 1.00. The summed E-state index contributed by atoms with van der Waals surface area (Å²) in [5, 5.41) is 7.12. The number of ether oxygens (including phenoxy) is 1. The van der Waals surface area contributed by atoms with Gasteiger partial charge in [-0.3, -0.25) is 0 Å². The topological polar surface area (TPSA) is 33.3 Å². The van der Waals surface area contributed by atoms with Gasteiger partial charge in [-0.1, -0.05) is 0 Å². The molecule has 0 saturated carbocycles. The van der Waals surface area contributed by atoms with Crippen molar-refractivity contribution in [3.63, 3.8) is 0 Å². The molecule has 76 valence electrons. The molecule has 13 heavy (non-hydrogen) atoms.